The summed E-state index contributed by atoms with van der Waals surface area (Å²) in [6.45, 7) is 5.88. The third kappa shape index (κ3) is 13.4. The minimum absolute atomic E-state index is 0.00491. The Morgan fingerprint density at radius 1 is 0.903 bits per heavy atom. The van der Waals surface area contributed by atoms with E-state index in [1.54, 1.807) is 0 Å². The highest BCUT2D eigenvalue weighted by Gasteiger charge is 2.49. The summed E-state index contributed by atoms with van der Waals surface area (Å²) < 4.78 is 33.3. The molecule has 12 N–H and O–H groups in total. The average Bonchev–Trinajstić information content (AvgIpc) is 3.23. The molecule has 0 radical (unpaired) electrons. The SMILES string of the molecule is COc1cc(C(=O)OC(O)C2OC(Oc3cc(NC(C)CCC(C)C)c(C(=O)O)cc3OCN=C(N)NCCCCO)C(O)C(O)C2O)c(O)c(OCCc2ccccc2)c1O. The van der Waals surface area contributed by atoms with E-state index in [4.69, 9.17) is 39.3 Å². The zero-order valence-corrected chi connectivity index (χ0v) is 35.0. The molecule has 1 fully saturated rings. The van der Waals surface area contributed by atoms with Crippen molar-refractivity contribution in [2.75, 3.05) is 38.9 Å². The molecular formula is C42H58N4O16. The molecule has 0 saturated carbocycles. The number of ether oxygens (including phenoxy) is 6. The number of phenols is 2. The third-order valence-corrected chi connectivity index (χ3v) is 9.71. The summed E-state index contributed by atoms with van der Waals surface area (Å²) in [4.78, 5) is 30.0. The van der Waals surface area contributed by atoms with Crippen LogP contribution in [0.2, 0.25) is 0 Å². The molecule has 1 aliphatic heterocycles. The predicted molar refractivity (Wildman–Crippen MR) is 223 cm³/mol. The van der Waals surface area contributed by atoms with Crippen LogP contribution < -0.4 is 35.3 Å². The molecule has 1 heterocycles. The molecule has 3 aromatic carbocycles. The number of phenolic OH excluding ortho intramolecular Hbond substituents is 2. The minimum Gasteiger partial charge on any atom is -0.504 e. The van der Waals surface area contributed by atoms with E-state index < -0.39 is 78.5 Å². The summed E-state index contributed by atoms with van der Waals surface area (Å²) in [6, 6.07) is 12.3. The molecule has 62 heavy (non-hydrogen) atoms. The number of aliphatic hydroxyl groups excluding tert-OH is 5. The summed E-state index contributed by atoms with van der Waals surface area (Å²) in [5.74, 6) is -5.12. The summed E-state index contributed by atoms with van der Waals surface area (Å²) in [6.07, 6.45) is -9.46. The molecule has 0 spiro atoms. The number of carbonyl (C=O) groups excluding carboxylic acids is 1. The number of aliphatic hydroxyl groups is 5. The minimum atomic E-state index is -2.39. The second-order valence-corrected chi connectivity index (χ2v) is 14.9. The second kappa shape index (κ2) is 23.4. The maximum atomic E-state index is 13.4. The van der Waals surface area contributed by atoms with Crippen LogP contribution in [0.3, 0.4) is 0 Å². The molecule has 0 amide bonds. The number of aromatic carboxylic acids is 1. The van der Waals surface area contributed by atoms with E-state index >= 15 is 0 Å². The Morgan fingerprint density at radius 3 is 2.27 bits per heavy atom. The van der Waals surface area contributed by atoms with E-state index in [1.807, 2.05) is 51.1 Å². The van der Waals surface area contributed by atoms with Gasteiger partial charge in [-0.3, -0.25) is 0 Å². The van der Waals surface area contributed by atoms with Crippen LogP contribution in [0.25, 0.3) is 0 Å². The number of aromatic hydroxyl groups is 2. The maximum absolute atomic E-state index is 13.4. The number of aliphatic imine (C=N–C) groups is 1. The van der Waals surface area contributed by atoms with Crippen molar-refractivity contribution >= 4 is 23.6 Å². The number of rotatable bonds is 23. The zero-order chi connectivity index (χ0) is 45.5. The van der Waals surface area contributed by atoms with Gasteiger partial charge in [-0.1, -0.05) is 44.2 Å². The molecule has 20 nitrogen and oxygen atoms in total. The van der Waals surface area contributed by atoms with Crippen LogP contribution in [0, 0.1) is 5.92 Å². The first kappa shape index (κ1) is 48.9. The maximum Gasteiger partial charge on any atom is 0.344 e. The molecule has 0 aliphatic carbocycles. The van der Waals surface area contributed by atoms with Crippen molar-refractivity contribution in [1.82, 2.24) is 5.32 Å². The number of nitrogens with zero attached hydrogens (tertiary/aromatic N) is 1. The molecule has 4 rings (SSSR count). The van der Waals surface area contributed by atoms with Crippen molar-refractivity contribution in [2.24, 2.45) is 16.6 Å². The predicted octanol–water partition coefficient (Wildman–Crippen LogP) is 2.04. The highest BCUT2D eigenvalue weighted by Crippen LogP contribution is 2.46. The van der Waals surface area contributed by atoms with Crippen molar-refractivity contribution in [1.29, 1.82) is 0 Å². The van der Waals surface area contributed by atoms with Crippen molar-refractivity contribution in [3.8, 4) is 34.5 Å². The summed E-state index contributed by atoms with van der Waals surface area (Å²) >= 11 is 0. The molecule has 20 heteroatoms. The summed E-state index contributed by atoms with van der Waals surface area (Å²) in [5, 5.41) is 90.7. The van der Waals surface area contributed by atoms with Crippen molar-refractivity contribution in [2.45, 2.75) is 95.9 Å². The molecular weight excluding hydrogens is 816 g/mol. The molecule has 0 bridgehead atoms. The number of nitrogens with two attached hydrogens (primary N) is 1. The lowest BCUT2D eigenvalue weighted by Gasteiger charge is -2.41. The summed E-state index contributed by atoms with van der Waals surface area (Å²) in [7, 11) is 1.18. The van der Waals surface area contributed by atoms with Crippen LogP contribution in [0.5, 0.6) is 34.5 Å². The lowest BCUT2D eigenvalue weighted by molar-refractivity contribution is -0.309. The van der Waals surface area contributed by atoms with Crippen LogP contribution in [-0.2, 0) is 15.9 Å². The standard InChI is InChI=1S/C42H58N4O16/c1-22(2)12-13-23(3)46-27-20-29(28(18-25(27)38(53)54)59-21-45-42(43)44-15-8-9-16-47)60-41-35(52)33(50)34(51)37(61-41)40(56)62-39(55)26-19-30(57-4)32(49)36(31(26)48)58-17-14-24-10-6-5-7-11-24/h5-7,10-11,18-20,22-23,33-35,37,40-41,46-52,56H,8-9,12-17,21H2,1-4H3,(H,53,54)(H3,43,44,45). The van der Waals surface area contributed by atoms with Gasteiger partial charge in [0.2, 0.25) is 24.1 Å². The van der Waals surface area contributed by atoms with Crippen molar-refractivity contribution in [3.63, 3.8) is 0 Å². The Hall–Kier alpha value is -5.77. The normalized spacial score (nSPS) is 19.9. The number of carboxylic acid groups (broad SMARTS) is 1. The first-order chi connectivity index (χ1) is 29.6. The first-order valence-corrected chi connectivity index (χ1v) is 20.1. The van der Waals surface area contributed by atoms with E-state index in [2.05, 4.69) is 15.6 Å². The Kier molecular flexibility index (Phi) is 18.5. The fraction of sp³-hybridized carbons (Fsp3) is 0.500. The second-order valence-electron chi connectivity index (χ2n) is 14.9. The number of unbranched alkanes of at least 4 members (excludes halogenated alkanes) is 1. The molecule has 7 atom stereocenters. The number of carboxylic acids is 1. The third-order valence-electron chi connectivity index (χ3n) is 9.71. The topological polar surface area (TPSA) is 314 Å². The van der Waals surface area contributed by atoms with Gasteiger partial charge in [0.05, 0.1) is 25.0 Å². The number of esters is 1. The number of methoxy groups -OCH3 is 1. The quantitative estimate of drug-likeness (QED) is 0.0213. The van der Waals surface area contributed by atoms with Crippen LogP contribution >= 0.6 is 0 Å². The van der Waals surface area contributed by atoms with Crippen LogP contribution in [0.15, 0.2) is 53.5 Å². The Bertz CT molecular complexity index is 1950. The number of guanidine groups is 1. The monoisotopic (exact) mass is 874 g/mol. The Morgan fingerprint density at radius 2 is 1.61 bits per heavy atom. The van der Waals surface area contributed by atoms with E-state index in [0.29, 0.717) is 38.1 Å². The van der Waals surface area contributed by atoms with Gasteiger partial charge in [0.15, 0.2) is 41.8 Å². The molecule has 7 unspecified atom stereocenters. The van der Waals surface area contributed by atoms with Crippen molar-refractivity contribution in [3.05, 3.63) is 65.2 Å². The van der Waals surface area contributed by atoms with Gasteiger partial charge in [-0.2, -0.15) is 0 Å². The molecule has 342 valence electrons. The van der Waals surface area contributed by atoms with Crippen LogP contribution in [-0.4, -0.2) is 135 Å². The first-order valence-electron chi connectivity index (χ1n) is 20.1. The van der Waals surface area contributed by atoms with Crippen LogP contribution in [0.4, 0.5) is 5.69 Å². The molecule has 0 aromatic heterocycles. The smallest absolute Gasteiger partial charge is 0.344 e. The van der Waals surface area contributed by atoms with Gasteiger partial charge >= 0.3 is 11.9 Å². The van der Waals surface area contributed by atoms with E-state index in [0.717, 1.165) is 24.1 Å². The van der Waals surface area contributed by atoms with E-state index in [1.165, 1.54) is 13.2 Å². The number of hydrogen-bond donors (Lipinski definition) is 11. The van der Waals surface area contributed by atoms with E-state index in [-0.39, 0.29) is 53.7 Å². The highest BCUT2D eigenvalue weighted by atomic mass is 16.7. The Balaban J connectivity index is 1.59. The van der Waals surface area contributed by atoms with Crippen molar-refractivity contribution < 1.29 is 78.9 Å². The van der Waals surface area contributed by atoms with Gasteiger partial charge in [-0.05, 0) is 44.1 Å². The van der Waals surface area contributed by atoms with Gasteiger partial charge < -0.3 is 85.6 Å². The largest absolute Gasteiger partial charge is 0.504 e. The zero-order valence-electron chi connectivity index (χ0n) is 35.0. The van der Waals surface area contributed by atoms with E-state index in [9.17, 15) is 45.3 Å². The number of hydrogen-bond acceptors (Lipinski definition) is 17. The number of anilines is 1. The number of benzene rings is 3. The number of carbonyl (C=O) groups is 2. The summed E-state index contributed by atoms with van der Waals surface area (Å²) in [5.41, 5.74) is 6.04. The van der Waals surface area contributed by atoms with Gasteiger partial charge in [-0.25, -0.2) is 14.6 Å². The lowest BCUT2D eigenvalue weighted by atomic mass is 9.98. The lowest BCUT2D eigenvalue weighted by Crippen LogP contribution is -2.62. The fourth-order valence-corrected chi connectivity index (χ4v) is 6.21. The average molecular weight is 875 g/mol. The van der Waals surface area contributed by atoms with Gasteiger partial charge in [0, 0.05) is 43.8 Å². The number of nitrogens with one attached hydrogen (secondary N) is 2. The Labute approximate surface area is 358 Å². The highest BCUT2D eigenvalue weighted by molar-refractivity contribution is 5.96. The molecule has 1 aliphatic rings. The fourth-order valence-electron chi connectivity index (χ4n) is 6.21. The van der Waals surface area contributed by atoms with Crippen LogP contribution in [0.1, 0.15) is 72.7 Å². The van der Waals surface area contributed by atoms with Gasteiger partial charge in [0.25, 0.3) is 0 Å². The molecule has 3 aromatic rings. The van der Waals surface area contributed by atoms with Gasteiger partial charge in [-0.15, -0.1) is 0 Å². The molecule has 1 saturated heterocycles. The van der Waals surface area contributed by atoms with Gasteiger partial charge in [0.1, 0.15) is 23.9 Å².